The second-order valence-electron chi connectivity index (χ2n) is 4.80. The molecular formula is C17H15N3O2. The van der Waals surface area contributed by atoms with Gasteiger partial charge >= 0.3 is 0 Å². The van der Waals surface area contributed by atoms with Crippen LogP contribution in [-0.2, 0) is 6.61 Å². The molecule has 0 atom stereocenters. The van der Waals surface area contributed by atoms with E-state index in [0.717, 1.165) is 16.8 Å². The molecule has 0 spiro atoms. The number of aliphatic hydroxyl groups is 1. The molecule has 0 fully saturated rings. The highest BCUT2D eigenvalue weighted by Gasteiger charge is 2.04. The van der Waals surface area contributed by atoms with Crippen LogP contribution in [0.2, 0.25) is 0 Å². The van der Waals surface area contributed by atoms with Gasteiger partial charge in [-0.1, -0.05) is 24.3 Å². The first kappa shape index (κ1) is 14.0. The minimum Gasteiger partial charge on any atom is -0.508 e. The fourth-order valence-electron chi connectivity index (χ4n) is 2.12. The Morgan fingerprint density at radius 1 is 1.00 bits per heavy atom. The molecule has 22 heavy (non-hydrogen) atoms. The fourth-order valence-corrected chi connectivity index (χ4v) is 2.12. The lowest BCUT2D eigenvalue weighted by Crippen LogP contribution is -1.98. The van der Waals surface area contributed by atoms with Crippen LogP contribution < -0.4 is 5.32 Å². The molecule has 0 aliphatic heterocycles. The Hall–Kier alpha value is -2.92. The Morgan fingerprint density at radius 2 is 1.86 bits per heavy atom. The molecule has 0 amide bonds. The number of nitrogens with zero attached hydrogens (tertiary/aromatic N) is 2. The van der Waals surface area contributed by atoms with E-state index < -0.39 is 0 Å². The van der Waals surface area contributed by atoms with Gasteiger partial charge in [-0.05, 0) is 35.9 Å². The highest BCUT2D eigenvalue weighted by atomic mass is 16.3. The molecule has 2 aromatic carbocycles. The number of nitrogens with one attached hydrogen (secondary N) is 1. The first-order valence-corrected chi connectivity index (χ1v) is 6.84. The second-order valence-corrected chi connectivity index (χ2v) is 4.80. The minimum absolute atomic E-state index is 0.0142. The lowest BCUT2D eigenvalue weighted by Gasteiger charge is -2.08. The molecular weight excluding hydrogens is 278 g/mol. The Bertz CT molecular complexity index is 790. The monoisotopic (exact) mass is 293 g/mol. The third kappa shape index (κ3) is 3.21. The van der Waals surface area contributed by atoms with Crippen molar-refractivity contribution in [2.24, 2.45) is 0 Å². The highest BCUT2D eigenvalue weighted by molar-refractivity contribution is 5.63. The van der Waals surface area contributed by atoms with E-state index >= 15 is 0 Å². The van der Waals surface area contributed by atoms with Crippen LogP contribution in [0.4, 0.5) is 11.6 Å². The highest BCUT2D eigenvalue weighted by Crippen LogP contribution is 2.23. The second kappa shape index (κ2) is 6.24. The molecule has 5 heteroatoms. The first-order valence-electron chi connectivity index (χ1n) is 6.84. The van der Waals surface area contributed by atoms with Crippen LogP contribution in [0.5, 0.6) is 5.75 Å². The molecule has 3 aromatic rings. The third-order valence-electron chi connectivity index (χ3n) is 3.16. The average Bonchev–Trinajstić information content (AvgIpc) is 2.55. The minimum atomic E-state index is -0.0142. The SMILES string of the molecule is OCc1cccc(Nc2nccc(-c3cccc(O)c3)n2)c1. The van der Waals surface area contributed by atoms with Gasteiger partial charge in [0.05, 0.1) is 12.3 Å². The number of rotatable bonds is 4. The summed E-state index contributed by atoms with van der Waals surface area (Å²) < 4.78 is 0. The molecule has 1 heterocycles. The summed E-state index contributed by atoms with van der Waals surface area (Å²) in [6, 6.07) is 16.1. The number of phenolic OH excluding ortho intramolecular Hbond substituents is 1. The predicted octanol–water partition coefficient (Wildman–Crippen LogP) is 3.09. The number of aliphatic hydroxyl groups excluding tert-OH is 1. The summed E-state index contributed by atoms with van der Waals surface area (Å²) >= 11 is 0. The van der Waals surface area contributed by atoms with E-state index in [4.69, 9.17) is 5.11 Å². The standard InChI is InChI=1S/C17H15N3O2/c21-11-12-3-1-5-14(9-12)19-17-18-8-7-16(20-17)13-4-2-6-15(22)10-13/h1-10,21-22H,11H2,(H,18,19,20). The van der Waals surface area contributed by atoms with Gasteiger partial charge in [0.2, 0.25) is 5.95 Å². The molecule has 0 bridgehead atoms. The van der Waals surface area contributed by atoms with Crippen molar-refractivity contribution < 1.29 is 10.2 Å². The molecule has 0 unspecified atom stereocenters. The maximum absolute atomic E-state index is 9.55. The molecule has 3 rings (SSSR count). The summed E-state index contributed by atoms with van der Waals surface area (Å²) in [6.45, 7) is -0.0142. The normalized spacial score (nSPS) is 10.4. The Balaban J connectivity index is 1.88. The van der Waals surface area contributed by atoms with Crippen LogP contribution in [0.3, 0.4) is 0 Å². The number of hydrogen-bond donors (Lipinski definition) is 3. The number of aromatic hydroxyl groups is 1. The van der Waals surface area contributed by atoms with Gasteiger partial charge in [-0.2, -0.15) is 0 Å². The zero-order valence-corrected chi connectivity index (χ0v) is 11.8. The molecule has 0 aliphatic carbocycles. The summed E-state index contributed by atoms with van der Waals surface area (Å²) in [6.07, 6.45) is 1.66. The lowest BCUT2D eigenvalue weighted by atomic mass is 10.1. The Morgan fingerprint density at radius 3 is 2.68 bits per heavy atom. The summed E-state index contributed by atoms with van der Waals surface area (Å²) in [5.41, 5.74) is 3.15. The van der Waals surface area contributed by atoms with E-state index in [1.165, 1.54) is 0 Å². The molecule has 110 valence electrons. The number of phenols is 1. The predicted molar refractivity (Wildman–Crippen MR) is 84.8 cm³/mol. The van der Waals surface area contributed by atoms with Crippen LogP contribution in [0, 0.1) is 0 Å². The van der Waals surface area contributed by atoms with Crippen molar-refractivity contribution in [3.05, 3.63) is 66.4 Å². The maximum atomic E-state index is 9.55. The van der Waals surface area contributed by atoms with Crippen molar-refractivity contribution in [2.75, 3.05) is 5.32 Å². The van der Waals surface area contributed by atoms with E-state index in [-0.39, 0.29) is 12.4 Å². The van der Waals surface area contributed by atoms with E-state index in [1.807, 2.05) is 30.3 Å². The zero-order chi connectivity index (χ0) is 15.4. The number of benzene rings is 2. The van der Waals surface area contributed by atoms with Gasteiger partial charge in [0.25, 0.3) is 0 Å². The van der Waals surface area contributed by atoms with E-state index in [9.17, 15) is 5.11 Å². The number of aromatic nitrogens is 2. The smallest absolute Gasteiger partial charge is 0.227 e. The van der Waals surface area contributed by atoms with Gasteiger partial charge in [0.1, 0.15) is 5.75 Å². The van der Waals surface area contributed by atoms with Crippen molar-refractivity contribution in [1.29, 1.82) is 0 Å². The van der Waals surface area contributed by atoms with Gasteiger partial charge < -0.3 is 15.5 Å². The molecule has 5 nitrogen and oxygen atoms in total. The number of anilines is 2. The van der Waals surface area contributed by atoms with Crippen molar-refractivity contribution in [3.8, 4) is 17.0 Å². The summed E-state index contributed by atoms with van der Waals surface area (Å²) in [5.74, 6) is 0.650. The van der Waals surface area contributed by atoms with E-state index in [2.05, 4.69) is 15.3 Å². The first-order chi connectivity index (χ1) is 10.7. The molecule has 0 saturated carbocycles. The van der Waals surface area contributed by atoms with Crippen LogP contribution in [0.15, 0.2) is 60.8 Å². The van der Waals surface area contributed by atoms with Crippen LogP contribution in [0.1, 0.15) is 5.56 Å². The molecule has 3 N–H and O–H groups in total. The quantitative estimate of drug-likeness (QED) is 0.689. The van der Waals surface area contributed by atoms with Crippen LogP contribution in [-0.4, -0.2) is 20.2 Å². The van der Waals surface area contributed by atoms with Crippen LogP contribution >= 0.6 is 0 Å². The zero-order valence-electron chi connectivity index (χ0n) is 11.8. The van der Waals surface area contributed by atoms with E-state index in [1.54, 1.807) is 30.5 Å². The van der Waals surface area contributed by atoms with Crippen molar-refractivity contribution in [2.45, 2.75) is 6.61 Å². The average molecular weight is 293 g/mol. The lowest BCUT2D eigenvalue weighted by molar-refractivity contribution is 0.282. The number of hydrogen-bond acceptors (Lipinski definition) is 5. The van der Waals surface area contributed by atoms with Gasteiger partial charge in [0, 0.05) is 17.4 Å². The molecule has 0 radical (unpaired) electrons. The molecule has 0 aliphatic rings. The van der Waals surface area contributed by atoms with Gasteiger partial charge in [-0.3, -0.25) is 0 Å². The van der Waals surface area contributed by atoms with E-state index in [0.29, 0.717) is 11.6 Å². The third-order valence-corrected chi connectivity index (χ3v) is 3.16. The summed E-state index contributed by atoms with van der Waals surface area (Å²) in [7, 11) is 0. The molecule has 0 saturated heterocycles. The van der Waals surface area contributed by atoms with Gasteiger partial charge in [0.15, 0.2) is 0 Å². The fraction of sp³-hybridized carbons (Fsp3) is 0.0588. The topological polar surface area (TPSA) is 78.3 Å². The van der Waals surface area contributed by atoms with Crippen molar-refractivity contribution in [3.63, 3.8) is 0 Å². The largest absolute Gasteiger partial charge is 0.508 e. The Labute approximate surface area is 127 Å². The van der Waals surface area contributed by atoms with Crippen molar-refractivity contribution >= 4 is 11.6 Å². The summed E-state index contributed by atoms with van der Waals surface area (Å²) in [5, 5.41) is 21.8. The maximum Gasteiger partial charge on any atom is 0.227 e. The molecule has 1 aromatic heterocycles. The summed E-state index contributed by atoms with van der Waals surface area (Å²) in [4.78, 5) is 8.63. The van der Waals surface area contributed by atoms with Crippen LogP contribution in [0.25, 0.3) is 11.3 Å². The van der Waals surface area contributed by atoms with Crippen molar-refractivity contribution in [1.82, 2.24) is 9.97 Å². The van der Waals surface area contributed by atoms with Gasteiger partial charge in [-0.15, -0.1) is 0 Å². The Kier molecular flexibility index (Phi) is 3.98. The van der Waals surface area contributed by atoms with Gasteiger partial charge in [-0.25, -0.2) is 9.97 Å².